The Morgan fingerprint density at radius 1 is 1.50 bits per heavy atom. The van der Waals surface area contributed by atoms with Crippen molar-refractivity contribution in [2.45, 2.75) is 6.92 Å². The minimum absolute atomic E-state index is 0. The van der Waals surface area contributed by atoms with E-state index >= 15 is 0 Å². The molecule has 0 atom stereocenters. The molecule has 0 aliphatic rings. The average molecular weight is 164 g/mol. The maximum atomic E-state index is 6.18. The summed E-state index contributed by atoms with van der Waals surface area (Å²) in [5, 5.41) is 0. The smallest absolute Gasteiger partial charge is 0.358 e. The standard InChI is InChI=1S/C5H3.Ru/c1-3-5-4-2;/h1H3;/q-1;+1. The van der Waals surface area contributed by atoms with E-state index in [9.17, 15) is 0 Å². The van der Waals surface area contributed by atoms with Crippen LogP contribution in [0.25, 0.3) is 0 Å². The zero-order valence-corrected chi connectivity index (χ0v) is 5.09. The summed E-state index contributed by atoms with van der Waals surface area (Å²) < 4.78 is 0. The van der Waals surface area contributed by atoms with E-state index in [-0.39, 0.29) is 19.5 Å². The Balaban J connectivity index is 0. The van der Waals surface area contributed by atoms with Crippen molar-refractivity contribution in [1.82, 2.24) is 0 Å². The van der Waals surface area contributed by atoms with Crippen LogP contribution in [0.4, 0.5) is 0 Å². The molecule has 0 N–H and O–H groups in total. The van der Waals surface area contributed by atoms with Crippen LogP contribution in [0, 0.1) is 24.2 Å². The Labute approximate surface area is 51.1 Å². The molecule has 0 unspecified atom stereocenters. The average Bonchev–Trinajstić information content (AvgIpc) is 1.41. The summed E-state index contributed by atoms with van der Waals surface area (Å²) in [6, 6.07) is 0. The molecular weight excluding hydrogens is 161 g/mol. The van der Waals surface area contributed by atoms with Crippen LogP contribution in [0.15, 0.2) is 0 Å². The normalized spacial score (nSPS) is 2.67. The fraction of sp³-hybridized carbons (Fsp3) is 0.200. The maximum absolute atomic E-state index is 6.18. The molecule has 0 saturated heterocycles. The largest absolute Gasteiger partial charge is 1.00 e. The van der Waals surface area contributed by atoms with Gasteiger partial charge in [-0.15, -0.1) is 0 Å². The predicted octanol–water partition coefficient (Wildman–Crippen LogP) is 0.597. The molecule has 0 heterocycles. The second-order valence-electron chi connectivity index (χ2n) is 0.500. The molecule has 0 amide bonds. The van der Waals surface area contributed by atoms with E-state index in [0.717, 1.165) is 0 Å². The van der Waals surface area contributed by atoms with Gasteiger partial charge in [0.15, 0.2) is 0 Å². The van der Waals surface area contributed by atoms with Crippen molar-refractivity contribution in [3.63, 3.8) is 0 Å². The molecule has 0 spiro atoms. The van der Waals surface area contributed by atoms with Crippen LogP contribution in [-0.2, 0) is 19.5 Å². The van der Waals surface area contributed by atoms with Crippen molar-refractivity contribution >= 4 is 0 Å². The second kappa shape index (κ2) is 8.83. The molecule has 0 nitrogen and oxygen atoms in total. The summed E-state index contributed by atoms with van der Waals surface area (Å²) in [7, 11) is 0. The summed E-state index contributed by atoms with van der Waals surface area (Å²) in [6.07, 6.45) is 6.18. The van der Waals surface area contributed by atoms with Gasteiger partial charge in [0.05, 0.1) is 0 Å². The van der Waals surface area contributed by atoms with Gasteiger partial charge in [0.25, 0.3) is 0 Å². The number of hydrogen-bond acceptors (Lipinski definition) is 0. The van der Waals surface area contributed by atoms with Crippen LogP contribution in [0.2, 0.25) is 0 Å². The SMILES string of the molecule is [C-]#CC#CC.[Ru+]. The third-order valence-electron chi connectivity index (χ3n) is 0.188. The van der Waals surface area contributed by atoms with Gasteiger partial charge in [-0.1, -0.05) is 0 Å². The van der Waals surface area contributed by atoms with Gasteiger partial charge in [-0.05, 0) is 6.92 Å². The van der Waals surface area contributed by atoms with Crippen molar-refractivity contribution < 1.29 is 19.5 Å². The molecule has 0 bridgehead atoms. The molecule has 0 saturated carbocycles. The number of rotatable bonds is 0. The van der Waals surface area contributed by atoms with E-state index in [2.05, 4.69) is 11.8 Å². The van der Waals surface area contributed by atoms with Gasteiger partial charge in [-0.3, -0.25) is 11.8 Å². The monoisotopic (exact) mass is 165 g/mol. The molecule has 0 fully saturated rings. The fourth-order valence-electron chi connectivity index (χ4n) is 0.0625. The van der Waals surface area contributed by atoms with Crippen molar-refractivity contribution in [3.8, 4) is 17.8 Å². The van der Waals surface area contributed by atoms with Crippen molar-refractivity contribution in [3.05, 3.63) is 6.42 Å². The van der Waals surface area contributed by atoms with E-state index in [1.807, 2.05) is 5.92 Å². The maximum Gasteiger partial charge on any atom is 1.00 e. The van der Waals surface area contributed by atoms with Crippen molar-refractivity contribution in [1.29, 1.82) is 0 Å². The van der Waals surface area contributed by atoms with E-state index in [4.69, 9.17) is 6.42 Å². The van der Waals surface area contributed by atoms with Crippen LogP contribution in [-0.4, -0.2) is 0 Å². The van der Waals surface area contributed by atoms with Gasteiger partial charge < -0.3 is 6.42 Å². The minimum atomic E-state index is 0. The Morgan fingerprint density at radius 2 is 2.00 bits per heavy atom. The van der Waals surface area contributed by atoms with Crippen LogP contribution >= 0.6 is 0 Å². The molecule has 0 aliphatic carbocycles. The molecule has 0 rings (SSSR count). The molecule has 31 valence electrons. The molecular formula is C5H3Ru. The van der Waals surface area contributed by atoms with E-state index in [1.54, 1.807) is 6.92 Å². The van der Waals surface area contributed by atoms with Crippen molar-refractivity contribution in [2.75, 3.05) is 0 Å². The Hall–Kier alpha value is -0.257. The molecule has 1 radical (unpaired) electrons. The first-order valence-corrected chi connectivity index (χ1v) is 1.25. The van der Waals surface area contributed by atoms with Gasteiger partial charge in [0.1, 0.15) is 0 Å². The first kappa shape index (κ1) is 9.22. The number of hydrogen-bond donors (Lipinski definition) is 0. The van der Waals surface area contributed by atoms with Crippen LogP contribution in [0.5, 0.6) is 0 Å². The Bertz CT molecular complexity index is 97.3. The third kappa shape index (κ3) is 9.27. The van der Waals surface area contributed by atoms with E-state index in [0.29, 0.717) is 0 Å². The van der Waals surface area contributed by atoms with E-state index < -0.39 is 0 Å². The molecule has 0 aromatic rings. The van der Waals surface area contributed by atoms with Crippen LogP contribution in [0.3, 0.4) is 0 Å². The first-order valence-electron chi connectivity index (χ1n) is 1.25. The minimum Gasteiger partial charge on any atom is -0.358 e. The summed E-state index contributed by atoms with van der Waals surface area (Å²) >= 11 is 0. The van der Waals surface area contributed by atoms with Crippen LogP contribution in [0.1, 0.15) is 6.92 Å². The quantitative estimate of drug-likeness (QED) is 0.279. The van der Waals surface area contributed by atoms with Gasteiger partial charge in [-0.25, -0.2) is 5.92 Å². The summed E-state index contributed by atoms with van der Waals surface area (Å²) in [4.78, 5) is 0. The first-order chi connectivity index (χ1) is 2.41. The van der Waals surface area contributed by atoms with Gasteiger partial charge in [0, 0.05) is 0 Å². The Morgan fingerprint density at radius 3 is 2.00 bits per heavy atom. The van der Waals surface area contributed by atoms with Gasteiger partial charge in [-0.2, -0.15) is 0 Å². The zero-order chi connectivity index (χ0) is 4.12. The summed E-state index contributed by atoms with van der Waals surface area (Å²) in [5.74, 6) is 6.65. The molecule has 0 aliphatic heterocycles. The zero-order valence-electron chi connectivity index (χ0n) is 3.35. The van der Waals surface area contributed by atoms with Gasteiger partial charge >= 0.3 is 19.5 Å². The van der Waals surface area contributed by atoms with Gasteiger partial charge in [0.2, 0.25) is 0 Å². The Kier molecular flexibility index (Phi) is 13.6. The topological polar surface area (TPSA) is 0 Å². The summed E-state index contributed by atoms with van der Waals surface area (Å²) in [6.45, 7) is 1.67. The molecule has 1 heteroatoms. The third-order valence-corrected chi connectivity index (χ3v) is 0.188. The fourth-order valence-corrected chi connectivity index (χ4v) is 0.0625. The van der Waals surface area contributed by atoms with E-state index in [1.165, 1.54) is 0 Å². The second-order valence-corrected chi connectivity index (χ2v) is 0.500. The van der Waals surface area contributed by atoms with Crippen LogP contribution < -0.4 is 0 Å². The predicted molar refractivity (Wildman–Crippen MR) is 20.6 cm³/mol. The molecule has 0 aromatic carbocycles. The van der Waals surface area contributed by atoms with Crippen molar-refractivity contribution in [2.24, 2.45) is 0 Å². The summed E-state index contributed by atoms with van der Waals surface area (Å²) in [5.41, 5.74) is 0. The molecule has 0 aromatic heterocycles. The molecule has 6 heavy (non-hydrogen) atoms.